The maximum Gasteiger partial charge on any atom is 0.317 e. The average molecular weight is 290 g/mol. The average Bonchev–Trinajstić information content (AvgIpc) is 2.96. The molecule has 1 fully saturated rings. The molecule has 1 aliphatic heterocycles. The van der Waals surface area contributed by atoms with Crippen molar-refractivity contribution >= 4 is 6.03 Å². The van der Waals surface area contributed by atoms with Gasteiger partial charge in [0.2, 0.25) is 0 Å². The fourth-order valence-corrected chi connectivity index (χ4v) is 2.75. The largest absolute Gasteiger partial charge is 0.497 e. The molecule has 0 spiro atoms. The summed E-state index contributed by atoms with van der Waals surface area (Å²) in [7, 11) is 1.67. The van der Waals surface area contributed by atoms with E-state index in [1.165, 1.54) is 5.56 Å². The highest BCUT2D eigenvalue weighted by atomic mass is 16.5. The van der Waals surface area contributed by atoms with Gasteiger partial charge in [-0.15, -0.1) is 0 Å². The number of amides is 2. The number of nitrogens with one attached hydrogen (secondary N) is 1. The van der Waals surface area contributed by atoms with Gasteiger partial charge in [-0.3, -0.25) is 0 Å². The van der Waals surface area contributed by atoms with Crippen LogP contribution in [-0.2, 0) is 0 Å². The fraction of sp³-hybridized carbons (Fsp3) is 0.588. The molecule has 1 unspecified atom stereocenters. The second-order valence-electron chi connectivity index (χ2n) is 6.04. The van der Waals surface area contributed by atoms with Gasteiger partial charge in [0.05, 0.1) is 13.2 Å². The van der Waals surface area contributed by atoms with E-state index in [0.29, 0.717) is 5.92 Å². The maximum absolute atomic E-state index is 12.3. The summed E-state index contributed by atoms with van der Waals surface area (Å²) < 4.78 is 5.19. The number of ether oxygens (including phenoxy) is 1. The molecule has 2 rings (SSSR count). The second kappa shape index (κ2) is 7.34. The number of hydrogen-bond donors (Lipinski definition) is 1. The van der Waals surface area contributed by atoms with Crippen LogP contribution in [0, 0.1) is 5.92 Å². The Labute approximate surface area is 127 Å². The zero-order chi connectivity index (χ0) is 15.2. The molecule has 1 aromatic rings. The lowest BCUT2D eigenvalue weighted by molar-refractivity contribution is 0.192. The summed E-state index contributed by atoms with van der Waals surface area (Å²) in [5.41, 5.74) is 1.19. The Hall–Kier alpha value is -1.71. The van der Waals surface area contributed by atoms with E-state index in [0.717, 1.165) is 38.1 Å². The van der Waals surface area contributed by atoms with Crippen LogP contribution in [0.5, 0.6) is 5.75 Å². The minimum atomic E-state index is 0.0639. The molecule has 1 aliphatic rings. The zero-order valence-electron chi connectivity index (χ0n) is 13.3. The van der Waals surface area contributed by atoms with Gasteiger partial charge < -0.3 is 15.0 Å². The van der Waals surface area contributed by atoms with E-state index in [4.69, 9.17) is 4.74 Å². The lowest BCUT2D eigenvalue weighted by Gasteiger charge is -2.25. The van der Waals surface area contributed by atoms with Crippen LogP contribution < -0.4 is 10.1 Å². The van der Waals surface area contributed by atoms with Gasteiger partial charge in [-0.25, -0.2) is 4.79 Å². The molecule has 0 radical (unpaired) electrons. The van der Waals surface area contributed by atoms with Crippen molar-refractivity contribution in [2.45, 2.75) is 39.2 Å². The summed E-state index contributed by atoms with van der Waals surface area (Å²) in [5, 5.41) is 3.04. The molecule has 1 heterocycles. The SMILES string of the molecule is COc1ccc(C2CCCN2C(=O)NCCC(C)C)cc1. The van der Waals surface area contributed by atoms with Gasteiger partial charge in [0.15, 0.2) is 0 Å². The molecular formula is C17H26N2O2. The first-order valence-electron chi connectivity index (χ1n) is 7.80. The molecule has 4 nitrogen and oxygen atoms in total. The monoisotopic (exact) mass is 290 g/mol. The maximum atomic E-state index is 12.3. The minimum absolute atomic E-state index is 0.0639. The van der Waals surface area contributed by atoms with E-state index < -0.39 is 0 Å². The number of likely N-dealkylation sites (tertiary alicyclic amines) is 1. The number of methoxy groups -OCH3 is 1. The third kappa shape index (κ3) is 4.13. The van der Waals surface area contributed by atoms with Crippen LogP contribution in [-0.4, -0.2) is 31.1 Å². The highest BCUT2D eigenvalue weighted by molar-refractivity contribution is 5.75. The van der Waals surface area contributed by atoms with Gasteiger partial charge in [0.25, 0.3) is 0 Å². The topological polar surface area (TPSA) is 41.6 Å². The Morgan fingerprint density at radius 2 is 2.10 bits per heavy atom. The van der Waals surface area contributed by atoms with Crippen molar-refractivity contribution in [1.82, 2.24) is 10.2 Å². The fourth-order valence-electron chi connectivity index (χ4n) is 2.75. The summed E-state index contributed by atoms with van der Waals surface area (Å²) in [6, 6.07) is 8.29. The van der Waals surface area contributed by atoms with Gasteiger partial charge >= 0.3 is 6.03 Å². The molecule has 21 heavy (non-hydrogen) atoms. The second-order valence-corrected chi connectivity index (χ2v) is 6.04. The predicted molar refractivity (Wildman–Crippen MR) is 84.5 cm³/mol. The highest BCUT2D eigenvalue weighted by Crippen LogP contribution is 2.32. The van der Waals surface area contributed by atoms with Crippen LogP contribution in [0.2, 0.25) is 0 Å². The molecule has 0 saturated carbocycles. The molecule has 1 aromatic carbocycles. The van der Waals surface area contributed by atoms with Crippen molar-refractivity contribution in [3.63, 3.8) is 0 Å². The van der Waals surface area contributed by atoms with Crippen molar-refractivity contribution in [3.05, 3.63) is 29.8 Å². The van der Waals surface area contributed by atoms with Crippen molar-refractivity contribution in [3.8, 4) is 5.75 Å². The molecule has 1 saturated heterocycles. The molecule has 0 aliphatic carbocycles. The molecule has 0 aromatic heterocycles. The number of rotatable bonds is 5. The van der Waals surface area contributed by atoms with Crippen LogP contribution in [0.3, 0.4) is 0 Å². The van der Waals surface area contributed by atoms with Crippen LogP contribution in [0.25, 0.3) is 0 Å². The van der Waals surface area contributed by atoms with Gasteiger partial charge in [-0.2, -0.15) is 0 Å². The standard InChI is InChI=1S/C17H26N2O2/c1-13(2)10-11-18-17(20)19-12-4-5-16(19)14-6-8-15(21-3)9-7-14/h6-9,13,16H,4-5,10-12H2,1-3H3,(H,18,20). The van der Waals surface area contributed by atoms with Crippen molar-refractivity contribution < 1.29 is 9.53 Å². The molecule has 0 bridgehead atoms. The third-order valence-corrected chi connectivity index (χ3v) is 4.01. The summed E-state index contributed by atoms with van der Waals surface area (Å²) in [6.07, 6.45) is 3.12. The van der Waals surface area contributed by atoms with E-state index in [9.17, 15) is 4.79 Å². The lowest BCUT2D eigenvalue weighted by Crippen LogP contribution is -2.40. The number of hydrogen-bond acceptors (Lipinski definition) is 2. The molecular weight excluding hydrogens is 264 g/mol. The summed E-state index contributed by atoms with van der Waals surface area (Å²) in [5.74, 6) is 1.46. The number of benzene rings is 1. The Balaban J connectivity index is 1.97. The first-order chi connectivity index (χ1) is 10.1. The molecule has 1 N–H and O–H groups in total. The molecule has 2 amide bonds. The number of carbonyl (C=O) groups excluding carboxylic acids is 1. The smallest absolute Gasteiger partial charge is 0.317 e. The first-order valence-corrected chi connectivity index (χ1v) is 7.80. The van der Waals surface area contributed by atoms with E-state index in [1.54, 1.807) is 7.11 Å². The number of nitrogens with zero attached hydrogens (tertiary/aromatic N) is 1. The Kier molecular flexibility index (Phi) is 5.48. The Bertz CT molecular complexity index is 456. The van der Waals surface area contributed by atoms with Crippen LogP contribution >= 0.6 is 0 Å². The molecule has 1 atom stereocenters. The van der Waals surface area contributed by atoms with Gasteiger partial charge in [-0.1, -0.05) is 26.0 Å². The normalized spacial score (nSPS) is 18.1. The minimum Gasteiger partial charge on any atom is -0.497 e. The number of urea groups is 1. The predicted octanol–water partition coefficient (Wildman–Crippen LogP) is 3.59. The summed E-state index contributed by atoms with van der Waals surface area (Å²) >= 11 is 0. The van der Waals surface area contributed by atoms with Gasteiger partial charge in [0.1, 0.15) is 5.75 Å². The third-order valence-electron chi connectivity index (χ3n) is 4.01. The highest BCUT2D eigenvalue weighted by Gasteiger charge is 2.29. The molecule has 116 valence electrons. The summed E-state index contributed by atoms with van der Waals surface area (Å²) in [4.78, 5) is 14.3. The first kappa shape index (κ1) is 15.7. The lowest BCUT2D eigenvalue weighted by atomic mass is 10.0. The van der Waals surface area contributed by atoms with E-state index in [2.05, 4.69) is 31.3 Å². The van der Waals surface area contributed by atoms with Crippen LogP contribution in [0.15, 0.2) is 24.3 Å². The van der Waals surface area contributed by atoms with E-state index in [1.807, 2.05) is 17.0 Å². The quantitative estimate of drug-likeness (QED) is 0.900. The van der Waals surface area contributed by atoms with Crippen LogP contribution in [0.4, 0.5) is 4.79 Å². The Morgan fingerprint density at radius 1 is 1.38 bits per heavy atom. The molecule has 4 heteroatoms. The zero-order valence-corrected chi connectivity index (χ0v) is 13.3. The summed E-state index contributed by atoms with van der Waals surface area (Å²) in [6.45, 7) is 5.93. The van der Waals surface area contributed by atoms with Gasteiger partial charge in [0, 0.05) is 13.1 Å². The van der Waals surface area contributed by atoms with E-state index >= 15 is 0 Å². The van der Waals surface area contributed by atoms with Gasteiger partial charge in [-0.05, 0) is 42.9 Å². The van der Waals surface area contributed by atoms with Crippen molar-refractivity contribution in [1.29, 1.82) is 0 Å². The van der Waals surface area contributed by atoms with Crippen LogP contribution in [0.1, 0.15) is 44.7 Å². The Morgan fingerprint density at radius 3 is 2.71 bits per heavy atom. The van der Waals surface area contributed by atoms with Crippen molar-refractivity contribution in [2.24, 2.45) is 5.92 Å². The van der Waals surface area contributed by atoms with E-state index in [-0.39, 0.29) is 12.1 Å². The number of carbonyl (C=O) groups is 1. The van der Waals surface area contributed by atoms with Crippen molar-refractivity contribution in [2.75, 3.05) is 20.2 Å².